The number of ether oxygens (including phenoxy) is 1. The number of anilines is 1. The lowest BCUT2D eigenvalue weighted by Crippen LogP contribution is -2.47. The predicted molar refractivity (Wildman–Crippen MR) is 98.3 cm³/mol. The van der Waals surface area contributed by atoms with E-state index in [2.05, 4.69) is 35.3 Å². The Morgan fingerprint density at radius 2 is 1.96 bits per heavy atom. The zero-order valence-electron chi connectivity index (χ0n) is 14.1. The van der Waals surface area contributed by atoms with Crippen LogP contribution in [0.15, 0.2) is 29.9 Å². The quantitative estimate of drug-likeness (QED) is 0.692. The van der Waals surface area contributed by atoms with E-state index in [1.54, 1.807) is 17.7 Å². The maximum absolute atomic E-state index is 5.67. The van der Waals surface area contributed by atoms with Gasteiger partial charge in [0.05, 0.1) is 15.9 Å². The summed E-state index contributed by atoms with van der Waals surface area (Å²) >= 11 is 1.71. The molecule has 1 aliphatic heterocycles. The van der Waals surface area contributed by atoms with Gasteiger partial charge in [0, 0.05) is 38.8 Å². The number of fused-ring (bicyclic) bond motifs is 1. The average molecular weight is 356 g/mol. The average Bonchev–Trinajstić information content (AvgIpc) is 3.13. The normalized spacial score (nSPS) is 15.6. The van der Waals surface area contributed by atoms with Crippen molar-refractivity contribution in [3.05, 3.63) is 35.6 Å². The van der Waals surface area contributed by atoms with Crippen LogP contribution < -0.4 is 9.64 Å². The highest BCUT2D eigenvalue weighted by Gasteiger charge is 2.20. The van der Waals surface area contributed by atoms with Gasteiger partial charge in [0.1, 0.15) is 18.8 Å². The first-order valence-corrected chi connectivity index (χ1v) is 9.26. The fourth-order valence-electron chi connectivity index (χ4n) is 2.93. The molecule has 0 aliphatic carbocycles. The number of rotatable bonds is 5. The second-order valence-corrected chi connectivity index (χ2v) is 6.94. The lowest BCUT2D eigenvalue weighted by molar-refractivity contribution is 0.196. The standard InChI is InChI=1S/C17H20N6OS/c1-13-2-3-15(21-20-13)24-10-9-22-5-7-23(8-6-22)17-16-14(4-11-25-16)18-12-19-17/h2-4,11-12H,5-10H2,1H3. The van der Waals surface area contributed by atoms with Gasteiger partial charge < -0.3 is 9.64 Å². The molecule has 0 bridgehead atoms. The summed E-state index contributed by atoms with van der Waals surface area (Å²) in [5.41, 5.74) is 1.93. The first kappa shape index (κ1) is 16.2. The number of thiophene rings is 1. The van der Waals surface area contributed by atoms with E-state index in [-0.39, 0.29) is 0 Å². The van der Waals surface area contributed by atoms with Crippen molar-refractivity contribution in [2.75, 3.05) is 44.2 Å². The highest BCUT2D eigenvalue weighted by molar-refractivity contribution is 7.17. The van der Waals surface area contributed by atoms with Crippen molar-refractivity contribution in [2.45, 2.75) is 6.92 Å². The monoisotopic (exact) mass is 356 g/mol. The van der Waals surface area contributed by atoms with Crippen LogP contribution in [-0.2, 0) is 0 Å². The minimum atomic E-state index is 0.588. The van der Waals surface area contributed by atoms with Gasteiger partial charge in [0.15, 0.2) is 0 Å². The van der Waals surface area contributed by atoms with Crippen molar-refractivity contribution in [3.8, 4) is 5.88 Å². The van der Waals surface area contributed by atoms with Gasteiger partial charge in [-0.3, -0.25) is 4.90 Å². The van der Waals surface area contributed by atoms with Crippen LogP contribution in [0, 0.1) is 6.92 Å². The molecule has 8 heteroatoms. The van der Waals surface area contributed by atoms with Crippen LogP contribution >= 0.6 is 11.3 Å². The van der Waals surface area contributed by atoms with Crippen molar-refractivity contribution in [1.29, 1.82) is 0 Å². The van der Waals surface area contributed by atoms with Crippen molar-refractivity contribution < 1.29 is 4.74 Å². The minimum Gasteiger partial charge on any atom is -0.475 e. The summed E-state index contributed by atoms with van der Waals surface area (Å²) < 4.78 is 6.85. The lowest BCUT2D eigenvalue weighted by Gasteiger charge is -2.35. The zero-order valence-corrected chi connectivity index (χ0v) is 14.9. The van der Waals surface area contributed by atoms with Crippen LogP contribution in [0.5, 0.6) is 5.88 Å². The van der Waals surface area contributed by atoms with E-state index >= 15 is 0 Å². The summed E-state index contributed by atoms with van der Waals surface area (Å²) in [6, 6.07) is 5.82. The van der Waals surface area contributed by atoms with Crippen LogP contribution in [-0.4, -0.2) is 64.4 Å². The molecule has 1 fully saturated rings. The van der Waals surface area contributed by atoms with E-state index in [1.165, 1.54) is 4.70 Å². The number of hydrogen-bond donors (Lipinski definition) is 0. The van der Waals surface area contributed by atoms with E-state index in [0.29, 0.717) is 12.5 Å². The van der Waals surface area contributed by atoms with E-state index in [4.69, 9.17) is 4.74 Å². The topological polar surface area (TPSA) is 67.3 Å². The molecule has 0 N–H and O–H groups in total. The molecule has 1 aliphatic rings. The maximum atomic E-state index is 5.67. The molecule has 4 heterocycles. The van der Waals surface area contributed by atoms with E-state index in [1.807, 2.05) is 25.1 Å². The van der Waals surface area contributed by atoms with Gasteiger partial charge in [0.25, 0.3) is 0 Å². The highest BCUT2D eigenvalue weighted by atomic mass is 32.1. The summed E-state index contributed by atoms with van der Waals surface area (Å²) in [5.74, 6) is 1.65. The van der Waals surface area contributed by atoms with Crippen LogP contribution in [0.1, 0.15) is 5.69 Å². The van der Waals surface area contributed by atoms with Gasteiger partial charge in [-0.05, 0) is 24.4 Å². The molecule has 0 aromatic carbocycles. The molecule has 0 atom stereocenters. The summed E-state index contributed by atoms with van der Waals surface area (Å²) in [7, 11) is 0. The van der Waals surface area contributed by atoms with Gasteiger partial charge in [0.2, 0.25) is 5.88 Å². The fraction of sp³-hybridized carbons (Fsp3) is 0.412. The Balaban J connectivity index is 1.28. The fourth-order valence-corrected chi connectivity index (χ4v) is 3.79. The number of nitrogens with zero attached hydrogens (tertiary/aromatic N) is 6. The SMILES string of the molecule is Cc1ccc(OCCN2CCN(c3ncnc4ccsc34)CC2)nn1. The molecule has 1 saturated heterocycles. The van der Waals surface area contributed by atoms with Crippen molar-refractivity contribution in [2.24, 2.45) is 0 Å². The van der Waals surface area contributed by atoms with E-state index in [0.717, 1.165) is 49.8 Å². The second-order valence-electron chi connectivity index (χ2n) is 6.02. The lowest BCUT2D eigenvalue weighted by atomic mass is 10.3. The van der Waals surface area contributed by atoms with Gasteiger partial charge in [-0.1, -0.05) is 0 Å². The van der Waals surface area contributed by atoms with Crippen LogP contribution in [0.25, 0.3) is 10.2 Å². The second kappa shape index (κ2) is 7.28. The minimum absolute atomic E-state index is 0.588. The summed E-state index contributed by atoms with van der Waals surface area (Å²) in [4.78, 5) is 13.6. The van der Waals surface area contributed by atoms with Crippen molar-refractivity contribution in [3.63, 3.8) is 0 Å². The Morgan fingerprint density at radius 3 is 2.76 bits per heavy atom. The Morgan fingerprint density at radius 1 is 1.08 bits per heavy atom. The van der Waals surface area contributed by atoms with Crippen LogP contribution in [0.2, 0.25) is 0 Å². The Labute approximate surface area is 150 Å². The number of aryl methyl sites for hydroxylation is 1. The molecule has 25 heavy (non-hydrogen) atoms. The molecular weight excluding hydrogens is 336 g/mol. The van der Waals surface area contributed by atoms with Gasteiger partial charge in [-0.25, -0.2) is 9.97 Å². The highest BCUT2D eigenvalue weighted by Crippen LogP contribution is 2.28. The smallest absolute Gasteiger partial charge is 0.233 e. The van der Waals surface area contributed by atoms with Crippen molar-refractivity contribution >= 4 is 27.4 Å². The first-order valence-electron chi connectivity index (χ1n) is 8.38. The van der Waals surface area contributed by atoms with Crippen molar-refractivity contribution in [1.82, 2.24) is 25.1 Å². The van der Waals surface area contributed by atoms with E-state index < -0.39 is 0 Å². The maximum Gasteiger partial charge on any atom is 0.233 e. The molecule has 0 amide bonds. The number of aromatic nitrogens is 4. The molecule has 0 saturated carbocycles. The van der Waals surface area contributed by atoms with Crippen LogP contribution in [0.3, 0.4) is 0 Å². The summed E-state index contributed by atoms with van der Waals surface area (Å²) in [6.45, 7) is 7.36. The first-order chi connectivity index (χ1) is 12.3. The number of hydrogen-bond acceptors (Lipinski definition) is 8. The molecule has 3 aromatic rings. The molecule has 4 rings (SSSR count). The van der Waals surface area contributed by atoms with Gasteiger partial charge >= 0.3 is 0 Å². The predicted octanol–water partition coefficient (Wildman–Crippen LogP) is 1.99. The molecule has 0 spiro atoms. The Bertz CT molecular complexity index is 829. The third kappa shape index (κ3) is 3.69. The molecule has 0 unspecified atom stereocenters. The number of piperazine rings is 1. The Kier molecular flexibility index (Phi) is 4.71. The molecule has 0 radical (unpaired) electrons. The molecule has 7 nitrogen and oxygen atoms in total. The third-order valence-corrected chi connectivity index (χ3v) is 5.23. The summed E-state index contributed by atoms with van der Waals surface area (Å²) in [6.07, 6.45) is 1.66. The van der Waals surface area contributed by atoms with Gasteiger partial charge in [-0.15, -0.1) is 16.4 Å². The molecule has 130 valence electrons. The Hall–Kier alpha value is -2.32. The largest absolute Gasteiger partial charge is 0.475 e. The third-order valence-electron chi connectivity index (χ3n) is 4.33. The van der Waals surface area contributed by atoms with E-state index in [9.17, 15) is 0 Å². The molecule has 3 aromatic heterocycles. The molecular formula is C17H20N6OS. The van der Waals surface area contributed by atoms with Crippen LogP contribution in [0.4, 0.5) is 5.82 Å². The summed E-state index contributed by atoms with van der Waals surface area (Å²) in [5, 5.41) is 10.1. The zero-order chi connectivity index (χ0) is 17.1. The van der Waals surface area contributed by atoms with Gasteiger partial charge in [-0.2, -0.15) is 5.10 Å².